The molecule has 0 spiro atoms. The maximum absolute atomic E-state index is 11.3. The molecule has 0 aliphatic rings. The molecule has 1 radical (unpaired) electrons. The van der Waals surface area contributed by atoms with Gasteiger partial charge in [-0.2, -0.15) is 0 Å². The Balaban J connectivity index is 4.05. The Labute approximate surface area is 74.7 Å². The Kier molecular flexibility index (Phi) is 3.55. The summed E-state index contributed by atoms with van der Waals surface area (Å²) in [5.74, 6) is 0. The second kappa shape index (κ2) is 3.78. The van der Waals surface area contributed by atoms with Crippen molar-refractivity contribution < 1.29 is 9.53 Å². The summed E-state index contributed by atoms with van der Waals surface area (Å²) in [7, 11) is 1.67. The van der Waals surface area contributed by atoms with Gasteiger partial charge in [-0.1, -0.05) is 0 Å². The zero-order chi connectivity index (χ0) is 9.94. The first kappa shape index (κ1) is 11.3. The molecule has 0 bridgehead atoms. The van der Waals surface area contributed by atoms with Crippen LogP contribution in [0.5, 0.6) is 0 Å². The van der Waals surface area contributed by atoms with E-state index in [2.05, 4.69) is 6.92 Å². The van der Waals surface area contributed by atoms with Gasteiger partial charge in [0.05, 0.1) is 0 Å². The third kappa shape index (κ3) is 4.21. The highest BCUT2D eigenvalue weighted by atomic mass is 16.6. The van der Waals surface area contributed by atoms with Gasteiger partial charge in [0.15, 0.2) is 0 Å². The molecule has 0 aliphatic heterocycles. The Morgan fingerprint density at radius 2 is 1.92 bits per heavy atom. The van der Waals surface area contributed by atoms with Gasteiger partial charge in [-0.25, -0.2) is 4.79 Å². The monoisotopic (exact) mass is 172 g/mol. The molecule has 0 rings (SSSR count). The summed E-state index contributed by atoms with van der Waals surface area (Å²) in [5.41, 5.74) is -0.430. The lowest BCUT2D eigenvalue weighted by Crippen LogP contribution is -2.38. The summed E-state index contributed by atoms with van der Waals surface area (Å²) in [6.07, 6.45) is -0.329. The molecule has 12 heavy (non-hydrogen) atoms. The van der Waals surface area contributed by atoms with Gasteiger partial charge < -0.3 is 9.64 Å². The van der Waals surface area contributed by atoms with Crippen molar-refractivity contribution in [2.75, 3.05) is 7.05 Å². The van der Waals surface area contributed by atoms with E-state index in [9.17, 15) is 4.79 Å². The minimum Gasteiger partial charge on any atom is -0.444 e. The molecule has 1 atom stereocenters. The number of carbonyl (C=O) groups is 1. The van der Waals surface area contributed by atoms with E-state index < -0.39 is 5.60 Å². The highest BCUT2D eigenvalue weighted by Crippen LogP contribution is 2.09. The minimum absolute atomic E-state index is 0.0696. The number of amides is 1. The van der Waals surface area contributed by atoms with Crippen LogP contribution in [0.1, 0.15) is 27.7 Å². The predicted molar refractivity (Wildman–Crippen MR) is 48.8 cm³/mol. The van der Waals surface area contributed by atoms with Gasteiger partial charge in [0.1, 0.15) is 5.60 Å². The number of hydrogen-bond donors (Lipinski definition) is 0. The fraction of sp³-hybridized carbons (Fsp3) is 0.778. The molecule has 0 aromatic rings. The van der Waals surface area contributed by atoms with Crippen LogP contribution >= 0.6 is 0 Å². The molecule has 0 saturated heterocycles. The van der Waals surface area contributed by atoms with Gasteiger partial charge in [0.2, 0.25) is 0 Å². The van der Waals surface area contributed by atoms with Crippen molar-refractivity contribution in [3.05, 3.63) is 6.92 Å². The van der Waals surface area contributed by atoms with Crippen LogP contribution in [0.4, 0.5) is 4.79 Å². The Morgan fingerprint density at radius 3 is 2.17 bits per heavy atom. The van der Waals surface area contributed by atoms with Gasteiger partial charge in [-0.3, -0.25) is 0 Å². The zero-order valence-electron chi connectivity index (χ0n) is 8.55. The third-order valence-corrected chi connectivity index (χ3v) is 1.34. The Bertz CT molecular complexity index is 158. The molecule has 0 saturated carbocycles. The molecule has 0 heterocycles. The molecule has 0 aliphatic carbocycles. The minimum atomic E-state index is -0.430. The molecule has 3 heteroatoms. The van der Waals surface area contributed by atoms with E-state index >= 15 is 0 Å². The standard InChI is InChI=1S/C9H18NO2/c1-7(2)10(6)8(11)12-9(3,4)5/h7H,1H2,2-6H3. The highest BCUT2D eigenvalue weighted by molar-refractivity contribution is 5.68. The number of carbonyl (C=O) groups excluding carboxylic acids is 1. The maximum atomic E-state index is 11.3. The van der Waals surface area contributed by atoms with Gasteiger partial charge in [0, 0.05) is 13.1 Å². The normalized spacial score (nSPS) is 11.6. The van der Waals surface area contributed by atoms with Crippen LogP contribution in [-0.4, -0.2) is 29.7 Å². The zero-order valence-corrected chi connectivity index (χ0v) is 8.55. The van der Waals surface area contributed by atoms with E-state index in [0.29, 0.717) is 0 Å². The van der Waals surface area contributed by atoms with E-state index in [1.165, 1.54) is 4.90 Å². The van der Waals surface area contributed by atoms with E-state index in [1.807, 2.05) is 27.7 Å². The van der Waals surface area contributed by atoms with Gasteiger partial charge >= 0.3 is 6.09 Å². The molecule has 1 unspecified atom stereocenters. The Morgan fingerprint density at radius 1 is 1.50 bits per heavy atom. The largest absolute Gasteiger partial charge is 0.444 e. The van der Waals surface area contributed by atoms with Crippen LogP contribution in [-0.2, 0) is 4.74 Å². The lowest BCUT2D eigenvalue weighted by atomic mass is 10.2. The summed E-state index contributed by atoms with van der Waals surface area (Å²) in [5, 5.41) is 0. The van der Waals surface area contributed by atoms with Crippen LogP contribution < -0.4 is 0 Å². The van der Waals surface area contributed by atoms with E-state index in [-0.39, 0.29) is 12.1 Å². The van der Waals surface area contributed by atoms with Crippen molar-refractivity contribution in [2.45, 2.75) is 39.3 Å². The van der Waals surface area contributed by atoms with Crippen molar-refractivity contribution in [1.82, 2.24) is 4.90 Å². The summed E-state index contributed by atoms with van der Waals surface area (Å²) < 4.78 is 5.11. The summed E-state index contributed by atoms with van der Waals surface area (Å²) in [4.78, 5) is 12.7. The fourth-order valence-corrected chi connectivity index (χ4v) is 0.514. The van der Waals surface area contributed by atoms with Crippen molar-refractivity contribution >= 4 is 6.09 Å². The number of nitrogens with zero attached hydrogens (tertiary/aromatic N) is 1. The maximum Gasteiger partial charge on any atom is 0.410 e. The molecule has 71 valence electrons. The smallest absolute Gasteiger partial charge is 0.410 e. The first-order valence-electron chi connectivity index (χ1n) is 4.03. The molecule has 0 aromatic carbocycles. The van der Waals surface area contributed by atoms with E-state index in [4.69, 9.17) is 4.74 Å². The van der Waals surface area contributed by atoms with Crippen LogP contribution in [0.2, 0.25) is 0 Å². The van der Waals surface area contributed by atoms with Gasteiger partial charge in [0.25, 0.3) is 0 Å². The first-order valence-corrected chi connectivity index (χ1v) is 4.03. The van der Waals surface area contributed by atoms with Crippen LogP contribution in [0.25, 0.3) is 0 Å². The molecular formula is C9H18NO2. The molecule has 0 aromatic heterocycles. The second-order valence-corrected chi connectivity index (χ2v) is 3.94. The van der Waals surface area contributed by atoms with Crippen LogP contribution in [0.15, 0.2) is 0 Å². The lowest BCUT2D eigenvalue weighted by Gasteiger charge is -2.26. The molecule has 1 amide bonds. The fourth-order valence-electron chi connectivity index (χ4n) is 0.514. The third-order valence-electron chi connectivity index (χ3n) is 1.34. The molecular weight excluding hydrogens is 154 g/mol. The number of hydrogen-bond acceptors (Lipinski definition) is 2. The van der Waals surface area contributed by atoms with Crippen LogP contribution in [0, 0.1) is 6.92 Å². The predicted octanol–water partition coefficient (Wildman–Crippen LogP) is 2.08. The van der Waals surface area contributed by atoms with Crippen molar-refractivity contribution in [3.8, 4) is 0 Å². The van der Waals surface area contributed by atoms with E-state index in [1.54, 1.807) is 7.05 Å². The van der Waals surface area contributed by atoms with Crippen molar-refractivity contribution in [3.63, 3.8) is 0 Å². The average Bonchev–Trinajstić information content (AvgIpc) is 1.82. The van der Waals surface area contributed by atoms with E-state index in [0.717, 1.165) is 0 Å². The summed E-state index contributed by atoms with van der Waals surface area (Å²) >= 11 is 0. The number of ether oxygens (including phenoxy) is 1. The second-order valence-electron chi connectivity index (χ2n) is 3.94. The highest BCUT2D eigenvalue weighted by Gasteiger charge is 2.20. The van der Waals surface area contributed by atoms with Crippen molar-refractivity contribution in [1.29, 1.82) is 0 Å². The first-order chi connectivity index (χ1) is 5.24. The quantitative estimate of drug-likeness (QED) is 0.606. The van der Waals surface area contributed by atoms with Crippen LogP contribution in [0.3, 0.4) is 0 Å². The molecule has 0 fully saturated rings. The Hall–Kier alpha value is -0.730. The number of rotatable bonds is 1. The summed E-state index contributed by atoms with van der Waals surface area (Å²) in [6, 6.07) is -0.0696. The summed E-state index contributed by atoms with van der Waals surface area (Å²) in [6.45, 7) is 11.1. The molecule has 0 N–H and O–H groups in total. The van der Waals surface area contributed by atoms with Gasteiger partial charge in [-0.15, -0.1) is 0 Å². The lowest BCUT2D eigenvalue weighted by molar-refractivity contribution is 0.0265. The van der Waals surface area contributed by atoms with Crippen molar-refractivity contribution in [2.24, 2.45) is 0 Å². The molecule has 3 nitrogen and oxygen atoms in total. The average molecular weight is 172 g/mol. The van der Waals surface area contributed by atoms with Gasteiger partial charge in [-0.05, 0) is 34.6 Å². The SMILES string of the molecule is [CH2]C(C)N(C)C(=O)OC(C)(C)C. The topological polar surface area (TPSA) is 29.5 Å².